The van der Waals surface area contributed by atoms with Crippen molar-refractivity contribution in [1.29, 1.82) is 5.26 Å². The predicted octanol–water partition coefficient (Wildman–Crippen LogP) is 3.78. The molecular weight excluding hydrogens is 385 g/mol. The fourth-order valence-electron chi connectivity index (χ4n) is 2.28. The van der Waals surface area contributed by atoms with E-state index in [2.05, 4.69) is 35.6 Å². The quantitative estimate of drug-likeness (QED) is 0.643. The average molecular weight is 400 g/mol. The van der Waals surface area contributed by atoms with Crippen molar-refractivity contribution in [2.24, 2.45) is 0 Å². The molecule has 0 saturated heterocycles. The van der Waals surface area contributed by atoms with Crippen molar-refractivity contribution in [3.63, 3.8) is 0 Å². The average Bonchev–Trinajstić information content (AvgIpc) is 2.71. The van der Waals surface area contributed by atoms with Gasteiger partial charge in [-0.1, -0.05) is 13.0 Å². The highest BCUT2D eigenvalue weighted by Crippen LogP contribution is 2.29. The number of halogens is 3. The monoisotopic (exact) mass is 400 g/mol. The van der Waals surface area contributed by atoms with Gasteiger partial charge in [0.05, 0.1) is 0 Å². The molecule has 0 atom stereocenters. The van der Waals surface area contributed by atoms with E-state index in [0.29, 0.717) is 12.2 Å². The first kappa shape index (κ1) is 19.9. The topological polar surface area (TPSA) is 112 Å². The predicted molar refractivity (Wildman–Crippen MR) is 99.1 cm³/mol. The normalized spacial score (nSPS) is 11.0. The first-order valence-corrected chi connectivity index (χ1v) is 8.57. The Kier molecular flexibility index (Phi) is 5.82. The standard InChI is InChI=1S/C18H15F3N8/c1-2-7-24-16-27-15(13-4-3-5-14(26-13)18(19,20)21)28-17(29-16)25-11-6-8-23-12(9-11)10-22/h3-6,8-9H,2,7H2,1H3,(H2,23,24,25,27,28,29). The molecule has 0 aliphatic carbocycles. The number of hydrogen-bond donors (Lipinski definition) is 2. The lowest BCUT2D eigenvalue weighted by molar-refractivity contribution is -0.141. The van der Waals surface area contributed by atoms with Crippen LogP contribution in [0.4, 0.5) is 30.8 Å². The summed E-state index contributed by atoms with van der Waals surface area (Å²) in [6.07, 6.45) is -2.35. The van der Waals surface area contributed by atoms with Crippen LogP contribution in [0, 0.1) is 11.3 Å². The molecule has 0 amide bonds. The third-order valence-electron chi connectivity index (χ3n) is 3.57. The van der Waals surface area contributed by atoms with Crippen LogP contribution in [-0.4, -0.2) is 31.5 Å². The molecule has 0 radical (unpaired) electrons. The summed E-state index contributed by atoms with van der Waals surface area (Å²) < 4.78 is 39.0. The minimum Gasteiger partial charge on any atom is -0.354 e. The van der Waals surface area contributed by atoms with Crippen molar-refractivity contribution in [3.05, 3.63) is 47.9 Å². The van der Waals surface area contributed by atoms with Crippen LogP contribution >= 0.6 is 0 Å². The Morgan fingerprint density at radius 1 is 1.07 bits per heavy atom. The van der Waals surface area contributed by atoms with Gasteiger partial charge in [0.25, 0.3) is 0 Å². The van der Waals surface area contributed by atoms with Crippen molar-refractivity contribution in [1.82, 2.24) is 24.9 Å². The van der Waals surface area contributed by atoms with E-state index in [9.17, 15) is 13.2 Å². The molecular formula is C18H15F3N8. The summed E-state index contributed by atoms with van der Waals surface area (Å²) in [5, 5.41) is 14.9. The minimum absolute atomic E-state index is 0.0261. The number of hydrogen-bond acceptors (Lipinski definition) is 8. The molecule has 0 saturated carbocycles. The van der Waals surface area contributed by atoms with Crippen LogP contribution in [0.15, 0.2) is 36.5 Å². The van der Waals surface area contributed by atoms with Gasteiger partial charge in [-0.25, -0.2) is 9.97 Å². The van der Waals surface area contributed by atoms with Gasteiger partial charge in [0.2, 0.25) is 11.9 Å². The van der Waals surface area contributed by atoms with Gasteiger partial charge in [0.15, 0.2) is 5.82 Å². The smallest absolute Gasteiger partial charge is 0.354 e. The first-order chi connectivity index (χ1) is 13.9. The summed E-state index contributed by atoms with van der Waals surface area (Å²) in [7, 11) is 0. The Morgan fingerprint density at radius 3 is 2.59 bits per heavy atom. The van der Waals surface area contributed by atoms with Gasteiger partial charge in [-0.15, -0.1) is 0 Å². The maximum absolute atomic E-state index is 13.0. The van der Waals surface area contributed by atoms with Gasteiger partial charge in [-0.2, -0.15) is 33.4 Å². The Labute approximate surface area is 163 Å². The number of pyridine rings is 2. The molecule has 0 aromatic carbocycles. The van der Waals surface area contributed by atoms with E-state index in [1.165, 1.54) is 24.4 Å². The molecule has 2 N–H and O–H groups in total. The fourth-order valence-corrected chi connectivity index (χ4v) is 2.28. The zero-order chi connectivity index (χ0) is 20.9. The van der Waals surface area contributed by atoms with E-state index in [1.54, 1.807) is 6.07 Å². The molecule has 0 fully saturated rings. The zero-order valence-corrected chi connectivity index (χ0v) is 15.2. The van der Waals surface area contributed by atoms with Crippen LogP contribution in [0.2, 0.25) is 0 Å². The second kappa shape index (κ2) is 8.47. The summed E-state index contributed by atoms with van der Waals surface area (Å²) in [6.45, 7) is 2.51. The van der Waals surface area contributed by atoms with Gasteiger partial charge in [-0.3, -0.25) is 0 Å². The van der Waals surface area contributed by atoms with Gasteiger partial charge in [0.1, 0.15) is 23.2 Å². The molecule has 0 aliphatic heterocycles. The van der Waals surface area contributed by atoms with E-state index in [0.717, 1.165) is 12.5 Å². The highest BCUT2D eigenvalue weighted by molar-refractivity contribution is 5.59. The van der Waals surface area contributed by atoms with Crippen LogP contribution in [0.1, 0.15) is 24.7 Å². The molecule has 0 unspecified atom stereocenters. The highest BCUT2D eigenvalue weighted by atomic mass is 19.4. The third kappa shape index (κ3) is 5.13. The van der Waals surface area contributed by atoms with Gasteiger partial charge in [0, 0.05) is 18.4 Å². The number of alkyl halides is 3. The number of rotatable bonds is 6. The van der Waals surface area contributed by atoms with Crippen LogP contribution in [0.25, 0.3) is 11.5 Å². The van der Waals surface area contributed by atoms with Crippen LogP contribution in [0.5, 0.6) is 0 Å². The summed E-state index contributed by atoms with van der Waals surface area (Å²) >= 11 is 0. The number of nitrogens with zero attached hydrogens (tertiary/aromatic N) is 6. The van der Waals surface area contributed by atoms with E-state index in [-0.39, 0.29) is 29.1 Å². The molecule has 0 aliphatic rings. The van der Waals surface area contributed by atoms with E-state index >= 15 is 0 Å². The van der Waals surface area contributed by atoms with E-state index in [4.69, 9.17) is 5.26 Å². The lowest BCUT2D eigenvalue weighted by Gasteiger charge is -2.11. The van der Waals surface area contributed by atoms with E-state index < -0.39 is 11.9 Å². The third-order valence-corrected chi connectivity index (χ3v) is 3.57. The van der Waals surface area contributed by atoms with Crippen molar-refractivity contribution < 1.29 is 13.2 Å². The Balaban J connectivity index is 2.01. The summed E-state index contributed by atoms with van der Waals surface area (Å²) in [4.78, 5) is 20.1. The number of nitrogens with one attached hydrogen (secondary N) is 2. The molecule has 0 bridgehead atoms. The molecule has 3 aromatic rings. The molecule has 8 nitrogen and oxygen atoms in total. The van der Waals surface area contributed by atoms with Crippen molar-refractivity contribution in [3.8, 4) is 17.6 Å². The van der Waals surface area contributed by atoms with Crippen molar-refractivity contribution >= 4 is 17.6 Å². The zero-order valence-electron chi connectivity index (χ0n) is 15.2. The van der Waals surface area contributed by atoms with Crippen molar-refractivity contribution in [2.75, 3.05) is 17.2 Å². The Bertz CT molecular complexity index is 1050. The molecule has 3 heterocycles. The van der Waals surface area contributed by atoms with Crippen LogP contribution in [0.3, 0.4) is 0 Å². The number of nitriles is 1. The number of aromatic nitrogens is 5. The molecule has 3 aromatic heterocycles. The van der Waals surface area contributed by atoms with Gasteiger partial charge < -0.3 is 10.6 Å². The molecule has 148 valence electrons. The fraction of sp³-hybridized carbons (Fsp3) is 0.222. The van der Waals surface area contributed by atoms with Crippen LogP contribution in [-0.2, 0) is 6.18 Å². The maximum atomic E-state index is 13.0. The molecule has 29 heavy (non-hydrogen) atoms. The summed E-state index contributed by atoms with van der Waals surface area (Å²) in [6, 6.07) is 8.51. The largest absolute Gasteiger partial charge is 0.433 e. The number of anilines is 3. The van der Waals surface area contributed by atoms with Gasteiger partial charge in [-0.05, 0) is 30.7 Å². The Morgan fingerprint density at radius 2 is 1.86 bits per heavy atom. The minimum atomic E-state index is -4.59. The molecule has 0 spiro atoms. The lowest BCUT2D eigenvalue weighted by atomic mass is 10.3. The second-order valence-electron chi connectivity index (χ2n) is 5.81. The first-order valence-electron chi connectivity index (χ1n) is 8.57. The van der Waals surface area contributed by atoms with Crippen molar-refractivity contribution in [2.45, 2.75) is 19.5 Å². The van der Waals surface area contributed by atoms with E-state index in [1.807, 2.05) is 13.0 Å². The molecule has 3 rings (SSSR count). The molecule has 11 heteroatoms. The lowest BCUT2D eigenvalue weighted by Crippen LogP contribution is -2.11. The summed E-state index contributed by atoms with van der Waals surface area (Å²) in [5.74, 6) is 0.248. The maximum Gasteiger partial charge on any atom is 0.433 e. The highest BCUT2D eigenvalue weighted by Gasteiger charge is 2.32. The van der Waals surface area contributed by atoms with Crippen LogP contribution < -0.4 is 10.6 Å². The SMILES string of the molecule is CCCNc1nc(Nc2ccnc(C#N)c2)nc(-c2cccc(C(F)(F)F)n2)n1. The summed E-state index contributed by atoms with van der Waals surface area (Å²) in [5.41, 5.74) is -0.404. The van der Waals surface area contributed by atoms with Gasteiger partial charge >= 0.3 is 6.18 Å². The second-order valence-corrected chi connectivity index (χ2v) is 5.81. The Hall–Kier alpha value is -3.81.